The van der Waals surface area contributed by atoms with Gasteiger partial charge in [-0.3, -0.25) is 0 Å². The fraction of sp³-hybridized carbons (Fsp3) is 0.333. The summed E-state index contributed by atoms with van der Waals surface area (Å²) in [6.45, 7) is 4.86. The van der Waals surface area contributed by atoms with Crippen molar-refractivity contribution in [2.45, 2.75) is 13.8 Å². The molecule has 0 fully saturated rings. The van der Waals surface area contributed by atoms with Crippen LogP contribution in [0.25, 0.3) is 5.76 Å². The van der Waals surface area contributed by atoms with Gasteiger partial charge in [-0.15, -0.1) is 0 Å². The van der Waals surface area contributed by atoms with Gasteiger partial charge in [0.2, 0.25) is 0 Å². The number of hydrogen-bond acceptors (Lipinski definition) is 3. The number of hydrogen-bond donors (Lipinski definition) is 1. The monoisotopic (exact) mass is 236 g/mol. The Labute approximate surface area is 98.7 Å². The second-order valence-electron chi connectivity index (χ2n) is 3.00. The SMILES string of the molecule is CCOC([Si]O)=C(OCC)c1ccccc1. The second kappa shape index (κ2) is 7.08. The molecule has 0 aliphatic heterocycles. The lowest BCUT2D eigenvalue weighted by atomic mass is 10.2. The molecule has 1 rings (SSSR count). The smallest absolute Gasteiger partial charge is 0.316 e. The van der Waals surface area contributed by atoms with E-state index in [0.717, 1.165) is 5.56 Å². The van der Waals surface area contributed by atoms with Gasteiger partial charge in [-0.05, 0) is 13.8 Å². The first-order valence-electron chi connectivity index (χ1n) is 5.28. The van der Waals surface area contributed by atoms with Crippen LogP contribution in [0.4, 0.5) is 0 Å². The molecule has 0 aromatic heterocycles. The van der Waals surface area contributed by atoms with E-state index in [1.807, 2.05) is 44.2 Å². The van der Waals surface area contributed by atoms with Gasteiger partial charge in [-0.2, -0.15) is 0 Å². The van der Waals surface area contributed by atoms with Gasteiger partial charge in [-0.25, -0.2) is 0 Å². The van der Waals surface area contributed by atoms with Crippen LogP contribution in [0.5, 0.6) is 0 Å². The molecule has 0 unspecified atom stereocenters. The Kier molecular flexibility index (Phi) is 5.67. The predicted octanol–water partition coefficient (Wildman–Crippen LogP) is 2.00. The molecule has 1 N–H and O–H groups in total. The summed E-state index contributed by atoms with van der Waals surface area (Å²) in [6.07, 6.45) is 0. The van der Waals surface area contributed by atoms with Crippen LogP contribution in [0.3, 0.4) is 0 Å². The first-order valence-corrected chi connectivity index (χ1v) is 6.23. The van der Waals surface area contributed by atoms with Crippen molar-refractivity contribution in [1.82, 2.24) is 0 Å². The molecule has 0 aliphatic carbocycles. The Morgan fingerprint density at radius 1 is 1.12 bits per heavy atom. The van der Waals surface area contributed by atoms with E-state index < -0.39 is 9.76 Å². The van der Waals surface area contributed by atoms with Crippen molar-refractivity contribution >= 4 is 15.5 Å². The van der Waals surface area contributed by atoms with E-state index in [9.17, 15) is 4.80 Å². The lowest BCUT2D eigenvalue weighted by Gasteiger charge is -2.14. The Bertz CT molecular complexity index is 335. The van der Waals surface area contributed by atoms with Crippen molar-refractivity contribution in [2.24, 2.45) is 0 Å². The summed E-state index contributed by atoms with van der Waals surface area (Å²) in [5, 5.41) is 0.510. The molecule has 4 heteroatoms. The van der Waals surface area contributed by atoms with E-state index >= 15 is 0 Å². The molecule has 0 spiro atoms. The highest BCUT2D eigenvalue weighted by Crippen LogP contribution is 2.20. The van der Waals surface area contributed by atoms with E-state index in [0.29, 0.717) is 24.4 Å². The quantitative estimate of drug-likeness (QED) is 0.606. The van der Waals surface area contributed by atoms with Gasteiger partial charge < -0.3 is 14.3 Å². The number of ether oxygens (including phenoxy) is 2. The van der Waals surface area contributed by atoms with Crippen LogP contribution in [0.15, 0.2) is 35.7 Å². The molecule has 1 aromatic carbocycles. The molecule has 0 heterocycles. The molecule has 0 aliphatic rings. The first kappa shape index (κ1) is 12.8. The summed E-state index contributed by atoms with van der Waals surface area (Å²) in [4.78, 5) is 9.28. The summed E-state index contributed by atoms with van der Waals surface area (Å²) in [5.74, 6) is 0.630. The van der Waals surface area contributed by atoms with E-state index in [1.165, 1.54) is 0 Å². The molecule has 0 amide bonds. The Morgan fingerprint density at radius 2 is 1.75 bits per heavy atom. The van der Waals surface area contributed by atoms with Crippen LogP contribution in [-0.2, 0) is 9.47 Å². The van der Waals surface area contributed by atoms with Gasteiger partial charge in [0.1, 0.15) is 5.38 Å². The topological polar surface area (TPSA) is 38.7 Å². The van der Waals surface area contributed by atoms with E-state index in [-0.39, 0.29) is 0 Å². The molecule has 0 bridgehead atoms. The lowest BCUT2D eigenvalue weighted by Crippen LogP contribution is -2.07. The molecule has 2 radical (unpaired) electrons. The third-order valence-electron chi connectivity index (χ3n) is 1.92. The zero-order valence-electron chi connectivity index (χ0n) is 9.56. The number of benzene rings is 1. The highest BCUT2D eigenvalue weighted by Gasteiger charge is 2.12. The molecular formula is C12H16O3Si. The van der Waals surface area contributed by atoms with E-state index in [4.69, 9.17) is 9.47 Å². The minimum atomic E-state index is -0.396. The fourth-order valence-corrected chi connectivity index (χ4v) is 1.83. The maximum atomic E-state index is 9.28. The predicted molar refractivity (Wildman–Crippen MR) is 64.6 cm³/mol. The summed E-state index contributed by atoms with van der Waals surface area (Å²) < 4.78 is 10.9. The van der Waals surface area contributed by atoms with Crippen molar-refractivity contribution in [3.8, 4) is 0 Å². The normalized spacial score (nSPS) is 11.9. The third-order valence-corrected chi connectivity index (χ3v) is 2.50. The van der Waals surface area contributed by atoms with Crippen LogP contribution in [-0.4, -0.2) is 27.8 Å². The Morgan fingerprint density at radius 3 is 2.25 bits per heavy atom. The maximum absolute atomic E-state index is 9.28. The van der Waals surface area contributed by atoms with Crippen LogP contribution >= 0.6 is 0 Å². The van der Waals surface area contributed by atoms with E-state index in [2.05, 4.69) is 0 Å². The average molecular weight is 236 g/mol. The molecule has 3 nitrogen and oxygen atoms in total. The van der Waals surface area contributed by atoms with Crippen LogP contribution in [0.1, 0.15) is 19.4 Å². The van der Waals surface area contributed by atoms with Crippen molar-refractivity contribution < 1.29 is 14.3 Å². The van der Waals surface area contributed by atoms with Gasteiger partial charge in [0.05, 0.1) is 13.2 Å². The Balaban J connectivity index is 3.05. The van der Waals surface area contributed by atoms with Crippen LogP contribution in [0, 0.1) is 0 Å². The average Bonchev–Trinajstić information content (AvgIpc) is 2.35. The molecule has 86 valence electrons. The summed E-state index contributed by atoms with van der Waals surface area (Å²) in [6, 6.07) is 9.67. The first-order chi connectivity index (χ1) is 7.83. The largest absolute Gasteiger partial charge is 0.497 e. The molecule has 16 heavy (non-hydrogen) atoms. The van der Waals surface area contributed by atoms with Gasteiger partial charge in [0.25, 0.3) is 0 Å². The van der Waals surface area contributed by atoms with Crippen molar-refractivity contribution in [3.05, 3.63) is 41.3 Å². The van der Waals surface area contributed by atoms with Crippen molar-refractivity contribution in [3.63, 3.8) is 0 Å². The zero-order valence-corrected chi connectivity index (χ0v) is 10.6. The third kappa shape index (κ3) is 3.39. The van der Waals surface area contributed by atoms with Gasteiger partial charge in [0.15, 0.2) is 5.76 Å². The minimum Gasteiger partial charge on any atom is -0.497 e. The van der Waals surface area contributed by atoms with Crippen molar-refractivity contribution in [2.75, 3.05) is 13.2 Å². The second-order valence-corrected chi connectivity index (χ2v) is 3.68. The summed E-state index contributed by atoms with van der Waals surface area (Å²) in [7, 11) is -0.396. The van der Waals surface area contributed by atoms with E-state index in [1.54, 1.807) is 0 Å². The molecule has 0 saturated heterocycles. The van der Waals surface area contributed by atoms with Crippen LogP contribution < -0.4 is 0 Å². The highest BCUT2D eigenvalue weighted by molar-refractivity contribution is 6.37. The summed E-state index contributed by atoms with van der Waals surface area (Å²) in [5.41, 5.74) is 0.925. The van der Waals surface area contributed by atoms with Gasteiger partial charge in [-0.1, -0.05) is 30.3 Å². The highest BCUT2D eigenvalue weighted by atomic mass is 28.2. The molecule has 0 atom stereocenters. The number of rotatable bonds is 6. The summed E-state index contributed by atoms with van der Waals surface area (Å²) >= 11 is 0. The zero-order chi connectivity index (χ0) is 11.8. The molecule has 1 aromatic rings. The fourth-order valence-electron chi connectivity index (χ4n) is 1.31. The van der Waals surface area contributed by atoms with Gasteiger partial charge >= 0.3 is 9.76 Å². The Hall–Kier alpha value is -1.26. The standard InChI is InChI=1S/C12H16O3Si/c1-3-14-11(12(16-13)15-4-2)10-8-6-5-7-9-10/h5-9,13H,3-4H2,1-2H3. The molecular weight excluding hydrogens is 220 g/mol. The molecule has 0 saturated carbocycles. The van der Waals surface area contributed by atoms with Gasteiger partial charge in [0, 0.05) is 5.56 Å². The van der Waals surface area contributed by atoms with Crippen molar-refractivity contribution in [1.29, 1.82) is 0 Å². The lowest BCUT2D eigenvalue weighted by molar-refractivity contribution is 0.222. The maximum Gasteiger partial charge on any atom is 0.316 e. The minimum absolute atomic E-state index is 0.396. The van der Waals surface area contributed by atoms with Crippen LogP contribution in [0.2, 0.25) is 0 Å².